The van der Waals surface area contributed by atoms with Gasteiger partial charge in [-0.1, -0.05) is 50.1 Å². The number of unbranched alkanes of at least 4 members (excludes halogenated alkanes) is 2. The Morgan fingerprint density at radius 3 is 1.98 bits per heavy atom. The average molecular weight is 608 g/mol. The van der Waals surface area contributed by atoms with Crippen LogP contribution in [0.1, 0.15) is 59.4 Å². The number of hydrogen-bond acceptors (Lipinski definition) is 5. The smallest absolute Gasteiger partial charge is 0.161 e. The van der Waals surface area contributed by atoms with Gasteiger partial charge in [0.1, 0.15) is 5.75 Å². The Balaban J connectivity index is 1.67. The first-order chi connectivity index (χ1) is 22.1. The fourth-order valence-corrected chi connectivity index (χ4v) is 6.64. The van der Waals surface area contributed by atoms with E-state index in [4.69, 9.17) is 23.7 Å². The number of fused-ring (bicyclic) bond motifs is 7. The molecular formula is C39H45NO5. The lowest BCUT2D eigenvalue weighted by atomic mass is 9.92. The van der Waals surface area contributed by atoms with E-state index >= 15 is 0 Å². The molecule has 1 aliphatic rings. The largest absolute Gasteiger partial charge is 0.493 e. The van der Waals surface area contributed by atoms with Gasteiger partial charge in [0, 0.05) is 33.8 Å². The molecule has 1 aromatic heterocycles. The van der Waals surface area contributed by atoms with Crippen LogP contribution in [0.25, 0.3) is 44.1 Å². The second-order valence-corrected chi connectivity index (χ2v) is 11.3. The minimum atomic E-state index is 0.555. The lowest BCUT2D eigenvalue weighted by Crippen LogP contribution is -2.12. The second-order valence-electron chi connectivity index (χ2n) is 11.3. The zero-order chi connectivity index (χ0) is 31.3. The molecule has 0 unspecified atom stereocenters. The van der Waals surface area contributed by atoms with E-state index in [-0.39, 0.29) is 0 Å². The molecule has 0 saturated heterocycles. The van der Waals surface area contributed by atoms with E-state index in [0.717, 1.165) is 77.5 Å². The van der Waals surface area contributed by atoms with Crippen molar-refractivity contribution in [2.24, 2.45) is 0 Å². The fraction of sp³-hybridized carbons (Fsp3) is 0.385. The van der Waals surface area contributed by atoms with Gasteiger partial charge in [-0.3, -0.25) is 0 Å². The highest BCUT2D eigenvalue weighted by Gasteiger charge is 2.29. The van der Waals surface area contributed by atoms with E-state index in [0.29, 0.717) is 33.0 Å². The summed E-state index contributed by atoms with van der Waals surface area (Å²) in [6.07, 6.45) is 4.25. The Bertz CT molecular complexity index is 1800. The fourth-order valence-electron chi connectivity index (χ4n) is 6.64. The zero-order valence-electron chi connectivity index (χ0n) is 27.3. The third-order valence-electron chi connectivity index (χ3n) is 8.49. The van der Waals surface area contributed by atoms with Gasteiger partial charge in [-0.25, -0.2) is 0 Å². The first-order valence-corrected chi connectivity index (χ1v) is 16.7. The topological polar surface area (TPSA) is 51.1 Å². The number of hydrogen-bond donors (Lipinski definition) is 0. The van der Waals surface area contributed by atoms with Gasteiger partial charge >= 0.3 is 0 Å². The maximum absolute atomic E-state index is 6.54. The van der Waals surface area contributed by atoms with Gasteiger partial charge in [-0.15, -0.1) is 0 Å². The molecule has 0 amide bonds. The Morgan fingerprint density at radius 2 is 1.27 bits per heavy atom. The number of aromatic nitrogens is 1. The molecule has 6 rings (SSSR count). The maximum Gasteiger partial charge on any atom is 0.161 e. The molecule has 0 aliphatic carbocycles. The first-order valence-electron chi connectivity index (χ1n) is 16.7. The quantitative estimate of drug-likeness (QED) is 0.118. The number of rotatable bonds is 14. The summed E-state index contributed by atoms with van der Waals surface area (Å²) in [5.74, 6) is 4.01. The summed E-state index contributed by atoms with van der Waals surface area (Å²) in [5.41, 5.74) is 7.06. The van der Waals surface area contributed by atoms with Crippen LogP contribution in [0.3, 0.4) is 0 Å². The third-order valence-corrected chi connectivity index (χ3v) is 8.49. The summed E-state index contributed by atoms with van der Waals surface area (Å²) in [5, 5.41) is 3.51. The van der Waals surface area contributed by atoms with Crippen LogP contribution >= 0.6 is 0 Å². The number of nitrogens with zero attached hydrogens (tertiary/aromatic N) is 1. The van der Waals surface area contributed by atoms with Crippen molar-refractivity contribution in [1.29, 1.82) is 0 Å². The zero-order valence-corrected chi connectivity index (χ0v) is 27.3. The SMILES string of the molecule is CCCCCOc1cc2c(-c3ccc(OCC)c(OCC)c3)c3n(c2c2ccccc12)CCc1cc(OCC)c(OCC)cc1-3. The summed E-state index contributed by atoms with van der Waals surface area (Å²) in [6, 6.07) is 21.6. The summed E-state index contributed by atoms with van der Waals surface area (Å²) < 4.78 is 33.3. The molecule has 4 aromatic carbocycles. The van der Waals surface area contributed by atoms with Gasteiger partial charge < -0.3 is 28.3 Å². The van der Waals surface area contributed by atoms with Crippen LogP contribution in [0.5, 0.6) is 28.7 Å². The molecule has 6 nitrogen and oxygen atoms in total. The van der Waals surface area contributed by atoms with Crippen LogP contribution in [-0.2, 0) is 13.0 Å². The Hall–Kier alpha value is -4.32. The van der Waals surface area contributed by atoms with Crippen molar-refractivity contribution in [3.05, 3.63) is 66.2 Å². The van der Waals surface area contributed by atoms with Crippen molar-refractivity contribution in [3.63, 3.8) is 0 Å². The van der Waals surface area contributed by atoms with Crippen molar-refractivity contribution < 1.29 is 23.7 Å². The van der Waals surface area contributed by atoms with Gasteiger partial charge in [0.05, 0.1) is 44.2 Å². The van der Waals surface area contributed by atoms with Crippen LogP contribution in [-0.4, -0.2) is 37.6 Å². The highest BCUT2D eigenvalue weighted by atomic mass is 16.5. The van der Waals surface area contributed by atoms with Crippen LogP contribution in [0.15, 0.2) is 60.7 Å². The van der Waals surface area contributed by atoms with E-state index in [2.05, 4.69) is 66.1 Å². The predicted octanol–water partition coefficient (Wildman–Crippen LogP) is 9.85. The van der Waals surface area contributed by atoms with Crippen molar-refractivity contribution in [1.82, 2.24) is 4.57 Å². The number of ether oxygens (including phenoxy) is 5. The Morgan fingerprint density at radius 1 is 0.600 bits per heavy atom. The van der Waals surface area contributed by atoms with Crippen molar-refractivity contribution >= 4 is 21.7 Å². The van der Waals surface area contributed by atoms with Crippen LogP contribution in [0.4, 0.5) is 0 Å². The molecule has 5 aromatic rings. The molecule has 0 N–H and O–H groups in total. The Kier molecular flexibility index (Phi) is 9.39. The minimum Gasteiger partial charge on any atom is -0.493 e. The summed E-state index contributed by atoms with van der Waals surface area (Å²) >= 11 is 0. The number of aryl methyl sites for hydroxylation is 2. The highest BCUT2D eigenvalue weighted by molar-refractivity contribution is 6.17. The van der Waals surface area contributed by atoms with E-state index in [1.54, 1.807) is 0 Å². The molecule has 1 aliphatic heterocycles. The second kappa shape index (κ2) is 13.8. The molecule has 0 fully saturated rings. The lowest BCUT2D eigenvalue weighted by Gasteiger charge is -2.24. The molecule has 0 spiro atoms. The van der Waals surface area contributed by atoms with Gasteiger partial charge in [-0.2, -0.15) is 0 Å². The van der Waals surface area contributed by atoms with Crippen molar-refractivity contribution in [2.75, 3.05) is 33.0 Å². The Labute approximate surface area is 266 Å². The molecule has 6 heteroatoms. The molecular weight excluding hydrogens is 562 g/mol. The van der Waals surface area contributed by atoms with Gasteiger partial charge in [0.2, 0.25) is 0 Å². The van der Waals surface area contributed by atoms with Crippen molar-refractivity contribution in [2.45, 2.75) is 66.8 Å². The van der Waals surface area contributed by atoms with E-state index in [1.165, 1.54) is 33.1 Å². The van der Waals surface area contributed by atoms with Crippen LogP contribution in [0, 0.1) is 0 Å². The third kappa shape index (κ3) is 5.79. The van der Waals surface area contributed by atoms with Gasteiger partial charge in [0.15, 0.2) is 23.0 Å². The van der Waals surface area contributed by atoms with Crippen LogP contribution < -0.4 is 23.7 Å². The molecule has 0 bridgehead atoms. The molecule has 0 saturated carbocycles. The minimum absolute atomic E-state index is 0.555. The molecule has 2 heterocycles. The van der Waals surface area contributed by atoms with Crippen molar-refractivity contribution in [3.8, 4) is 51.1 Å². The predicted molar refractivity (Wildman–Crippen MR) is 184 cm³/mol. The normalized spacial score (nSPS) is 12.2. The molecule has 45 heavy (non-hydrogen) atoms. The number of benzene rings is 4. The average Bonchev–Trinajstić information content (AvgIpc) is 3.39. The molecule has 0 atom stereocenters. The molecule has 0 radical (unpaired) electrons. The lowest BCUT2D eigenvalue weighted by molar-refractivity contribution is 0.287. The highest BCUT2D eigenvalue weighted by Crippen LogP contribution is 2.51. The first kappa shape index (κ1) is 30.7. The monoisotopic (exact) mass is 607 g/mol. The van der Waals surface area contributed by atoms with Gasteiger partial charge in [-0.05, 0) is 82.0 Å². The van der Waals surface area contributed by atoms with Gasteiger partial charge in [0.25, 0.3) is 0 Å². The maximum atomic E-state index is 6.54. The van der Waals surface area contributed by atoms with E-state index < -0.39 is 0 Å². The van der Waals surface area contributed by atoms with E-state index in [9.17, 15) is 0 Å². The summed E-state index contributed by atoms with van der Waals surface area (Å²) in [4.78, 5) is 0. The van der Waals surface area contributed by atoms with Crippen LogP contribution in [0.2, 0.25) is 0 Å². The van der Waals surface area contributed by atoms with E-state index in [1.807, 2.05) is 33.8 Å². The summed E-state index contributed by atoms with van der Waals surface area (Å²) in [6.45, 7) is 14.1. The standard InChI is InChI=1S/C39H45NO5/c1-6-11-14-21-45-33-25-31-37(27-17-18-32(41-7-2)34(23-27)42-8-3)39-30-24-36(44-10-5)35(43-9-4)22-26(30)19-20-40(39)38(31)29-16-13-12-15-28(29)33/h12-13,15-18,22-25H,6-11,14,19-21H2,1-5H3. The summed E-state index contributed by atoms with van der Waals surface area (Å²) in [7, 11) is 0. The molecule has 236 valence electrons.